The summed E-state index contributed by atoms with van der Waals surface area (Å²) in [6.07, 6.45) is 0. The van der Waals surface area contributed by atoms with Crippen LogP contribution in [0, 0.1) is 5.92 Å². The van der Waals surface area contributed by atoms with E-state index >= 15 is 0 Å². The molecule has 0 amide bonds. The predicted molar refractivity (Wildman–Crippen MR) is 220 cm³/mol. The molecule has 53 heavy (non-hydrogen) atoms. The molecule has 5 aromatic carbocycles. The van der Waals surface area contributed by atoms with E-state index in [1.165, 1.54) is 20.3 Å². The van der Waals surface area contributed by atoms with Crippen molar-refractivity contribution >= 4 is 54.7 Å². The first-order valence-corrected chi connectivity index (χ1v) is 32.2. The number of hydrogen-bond acceptors (Lipinski definition) is 6. The van der Waals surface area contributed by atoms with Gasteiger partial charge in [0.2, 0.25) is 0 Å². The predicted octanol–water partition coefficient (Wildman–Crippen LogP) is 4.69. The molecule has 0 aromatic heterocycles. The Morgan fingerprint density at radius 1 is 0.340 bits per heavy atom. The van der Waals surface area contributed by atoms with Gasteiger partial charge in [-0.05, 0) is 0 Å². The minimum absolute atomic E-state index is 0.186. The number of benzene rings is 5. The summed E-state index contributed by atoms with van der Waals surface area (Å²) in [5, 5.41) is 0. The minimum atomic E-state index is -3.80. The molecule has 8 heteroatoms. The van der Waals surface area contributed by atoms with Gasteiger partial charge in [0.05, 0.1) is 0 Å². The van der Waals surface area contributed by atoms with Gasteiger partial charge in [-0.2, -0.15) is 0 Å². The Labute approximate surface area is 324 Å². The fourth-order valence-electron chi connectivity index (χ4n) is 7.78. The zero-order chi connectivity index (χ0) is 36.3. The SMILES string of the molecule is c1cc[c]([Sn]([CH2]C2COCCOCCOCCOCCOCCOC2)([CH2][Sn]([c]2ccccc2)([c]2ccccc2)[c]2ccccc2)[c]2ccccc2)cc1. The third-order valence-corrected chi connectivity index (χ3v) is 58.3. The molecule has 1 aliphatic rings. The van der Waals surface area contributed by atoms with Crippen LogP contribution < -0.4 is 17.9 Å². The summed E-state index contributed by atoms with van der Waals surface area (Å²) in [7, 11) is 0. The van der Waals surface area contributed by atoms with Crippen molar-refractivity contribution in [1.82, 2.24) is 0 Å². The van der Waals surface area contributed by atoms with Crippen molar-refractivity contribution in [3.8, 4) is 0 Å². The molecule has 0 spiro atoms. The summed E-state index contributed by atoms with van der Waals surface area (Å²) in [6, 6.07) is 57.5. The van der Waals surface area contributed by atoms with Gasteiger partial charge >= 0.3 is 327 Å². The Morgan fingerprint density at radius 3 is 0.906 bits per heavy atom. The van der Waals surface area contributed by atoms with Gasteiger partial charge in [0.15, 0.2) is 0 Å². The van der Waals surface area contributed by atoms with Crippen LogP contribution in [0.5, 0.6) is 0 Å². The van der Waals surface area contributed by atoms with E-state index in [4.69, 9.17) is 28.4 Å². The third-order valence-electron chi connectivity index (χ3n) is 10.2. The second kappa shape index (κ2) is 22.1. The van der Waals surface area contributed by atoms with Gasteiger partial charge in [-0.3, -0.25) is 0 Å². The average molecular weight is 928 g/mol. The summed E-state index contributed by atoms with van der Waals surface area (Å²) < 4.78 is 45.8. The molecule has 6 nitrogen and oxygen atoms in total. The van der Waals surface area contributed by atoms with Crippen LogP contribution in [0.1, 0.15) is 0 Å². The Kier molecular flexibility index (Phi) is 16.7. The zero-order valence-electron chi connectivity index (χ0n) is 30.9. The van der Waals surface area contributed by atoms with Crippen LogP contribution >= 0.6 is 0 Å². The van der Waals surface area contributed by atoms with Crippen LogP contribution in [-0.2, 0) is 28.4 Å². The van der Waals surface area contributed by atoms with E-state index in [0.717, 1.165) is 4.44 Å². The van der Waals surface area contributed by atoms with Crippen molar-refractivity contribution in [2.24, 2.45) is 5.92 Å². The quantitative estimate of drug-likeness (QED) is 0.201. The third kappa shape index (κ3) is 11.3. The molecule has 5 aromatic rings. The van der Waals surface area contributed by atoms with Crippen molar-refractivity contribution < 1.29 is 28.4 Å². The molecule has 1 heterocycles. The van der Waals surface area contributed by atoms with Gasteiger partial charge in [0, 0.05) is 0 Å². The number of ether oxygens (including phenoxy) is 6. The normalized spacial score (nSPS) is 16.9. The summed E-state index contributed by atoms with van der Waals surface area (Å²) in [6.45, 7) is 6.59. The molecule has 6 rings (SSSR count). The summed E-state index contributed by atoms with van der Waals surface area (Å²) in [5.74, 6) is 0.186. The Balaban J connectivity index is 1.45. The standard InChI is InChI=1S/C14H27O6.5C6H5.CH2.2Sn/c1-14-12-19-10-8-17-6-4-15-2-3-16-5-7-18-9-11-20-13-14;5*1-2-4-6-5-3-1;;;/h14H,1-13H2;5*1-5H;1H2;;. The zero-order valence-corrected chi connectivity index (χ0v) is 36.6. The summed E-state index contributed by atoms with van der Waals surface area (Å²) >= 11 is -7.58. The second-order valence-electron chi connectivity index (χ2n) is 13.7. The molecule has 0 N–H and O–H groups in total. The fourth-order valence-corrected chi connectivity index (χ4v) is 73.2. The summed E-state index contributed by atoms with van der Waals surface area (Å²) in [5.41, 5.74) is 0. The van der Waals surface area contributed by atoms with Gasteiger partial charge in [-0.1, -0.05) is 0 Å². The first kappa shape index (κ1) is 40.1. The number of hydrogen-bond donors (Lipinski definition) is 0. The molecule has 0 aliphatic carbocycles. The Morgan fingerprint density at radius 2 is 0.604 bits per heavy atom. The molecular formula is C45H54O6Sn2. The first-order valence-electron chi connectivity index (χ1n) is 19.1. The average Bonchev–Trinajstić information content (AvgIpc) is 3.23. The van der Waals surface area contributed by atoms with Crippen LogP contribution in [0.25, 0.3) is 0 Å². The molecule has 0 bridgehead atoms. The molecule has 278 valence electrons. The summed E-state index contributed by atoms with van der Waals surface area (Å²) in [4.78, 5) is 0. The topological polar surface area (TPSA) is 55.4 Å². The van der Waals surface area contributed by atoms with Crippen molar-refractivity contribution in [1.29, 1.82) is 0 Å². The molecule has 0 unspecified atom stereocenters. The number of rotatable bonds is 9. The fraction of sp³-hybridized carbons (Fsp3) is 0.333. The van der Waals surface area contributed by atoms with Crippen LogP contribution in [0.3, 0.4) is 0 Å². The van der Waals surface area contributed by atoms with Gasteiger partial charge in [0.1, 0.15) is 0 Å². The van der Waals surface area contributed by atoms with Crippen molar-refractivity contribution in [2.75, 3.05) is 79.3 Å². The van der Waals surface area contributed by atoms with E-state index in [-0.39, 0.29) is 5.92 Å². The molecule has 1 aliphatic heterocycles. The molecular weight excluding hydrogens is 874 g/mol. The monoisotopic (exact) mass is 930 g/mol. The van der Waals surface area contributed by atoms with Crippen molar-refractivity contribution in [2.45, 2.75) is 6.89 Å². The van der Waals surface area contributed by atoms with Crippen LogP contribution in [0.15, 0.2) is 152 Å². The maximum atomic E-state index is 6.47. The van der Waals surface area contributed by atoms with E-state index in [9.17, 15) is 0 Å². The van der Waals surface area contributed by atoms with Crippen LogP contribution in [0.4, 0.5) is 0 Å². The van der Waals surface area contributed by atoms with Crippen molar-refractivity contribution in [3.63, 3.8) is 0 Å². The Hall–Kier alpha value is -2.54. The molecule has 0 saturated carbocycles. The molecule has 1 fully saturated rings. The van der Waals surface area contributed by atoms with Crippen LogP contribution in [-0.4, -0.2) is 116 Å². The van der Waals surface area contributed by atoms with Crippen molar-refractivity contribution in [3.05, 3.63) is 152 Å². The van der Waals surface area contributed by atoms with Gasteiger partial charge in [0.25, 0.3) is 0 Å². The van der Waals surface area contributed by atoms with E-state index in [0.29, 0.717) is 79.3 Å². The van der Waals surface area contributed by atoms with Gasteiger partial charge < -0.3 is 0 Å². The van der Waals surface area contributed by atoms with Gasteiger partial charge in [-0.15, -0.1) is 0 Å². The molecule has 0 radical (unpaired) electrons. The van der Waals surface area contributed by atoms with E-state index in [2.05, 4.69) is 152 Å². The van der Waals surface area contributed by atoms with Crippen LogP contribution in [0.2, 0.25) is 6.89 Å². The van der Waals surface area contributed by atoms with Gasteiger partial charge in [-0.25, -0.2) is 0 Å². The Bertz CT molecular complexity index is 1540. The molecule has 0 atom stereocenters. The second-order valence-corrected chi connectivity index (χ2v) is 42.2. The maximum absolute atomic E-state index is 6.47. The first-order chi connectivity index (χ1) is 26.3. The van der Waals surface area contributed by atoms with E-state index < -0.39 is 36.8 Å². The van der Waals surface area contributed by atoms with E-state index in [1.807, 2.05) is 0 Å². The van der Waals surface area contributed by atoms with E-state index in [1.54, 1.807) is 0 Å². The molecule has 1 saturated heterocycles.